The van der Waals surface area contributed by atoms with Crippen LogP contribution in [0.25, 0.3) is 22.0 Å². The highest BCUT2D eigenvalue weighted by atomic mass is 35.5. The third-order valence-corrected chi connectivity index (χ3v) is 5.60. The molecule has 0 aliphatic carbocycles. The minimum atomic E-state index is -0.900. The third-order valence-electron chi connectivity index (χ3n) is 5.30. The Hall–Kier alpha value is -5.06. The van der Waals surface area contributed by atoms with Gasteiger partial charge in [0.05, 0.1) is 16.7 Å². The van der Waals surface area contributed by atoms with Crippen LogP contribution in [-0.4, -0.2) is 20.8 Å². The number of aryl methyl sites for hydroxylation is 1. The van der Waals surface area contributed by atoms with Gasteiger partial charge in [-0.3, -0.25) is 14.9 Å². The fraction of sp³-hybridized carbons (Fsp3) is 0.0417. The number of pyridine rings is 2. The van der Waals surface area contributed by atoms with Gasteiger partial charge >= 0.3 is 0 Å². The molecule has 2 heterocycles. The normalized spacial score (nSPS) is 10.9. The minimum Gasteiger partial charge on any atom is -0.382 e. The molecule has 0 aliphatic rings. The highest BCUT2D eigenvalue weighted by molar-refractivity contribution is 6.32. The molecule has 11 heteroatoms. The van der Waals surface area contributed by atoms with Crippen LogP contribution in [0.3, 0.4) is 0 Å². The number of benzene rings is 2. The first-order valence-electron chi connectivity index (χ1n) is 10.0. The summed E-state index contributed by atoms with van der Waals surface area (Å²) in [6.07, 6.45) is 1.25. The zero-order valence-corrected chi connectivity index (χ0v) is 18.8. The number of para-hydroxylation sites is 1. The van der Waals surface area contributed by atoms with Crippen LogP contribution in [0, 0.1) is 39.7 Å². The number of anilines is 1. The first-order chi connectivity index (χ1) is 16.8. The summed E-state index contributed by atoms with van der Waals surface area (Å²) in [6, 6.07) is 16.2. The molecular weight excluding hydrogens is 470 g/mol. The molecule has 2 aromatic carbocycles. The van der Waals surface area contributed by atoms with Gasteiger partial charge in [0.2, 0.25) is 0 Å². The molecule has 0 spiro atoms. The van der Waals surface area contributed by atoms with Gasteiger partial charge in [-0.25, -0.2) is 4.98 Å². The topological polar surface area (TPSA) is 164 Å². The molecule has 0 saturated carbocycles. The highest BCUT2D eigenvalue weighted by Crippen LogP contribution is 2.31. The molecular formula is C24H14ClN7O3. The number of nitriles is 2. The maximum absolute atomic E-state index is 13.1. The molecule has 0 saturated heterocycles. The summed E-state index contributed by atoms with van der Waals surface area (Å²) in [5.74, 6) is -0.338. The van der Waals surface area contributed by atoms with Gasteiger partial charge in [-0.1, -0.05) is 41.9 Å². The van der Waals surface area contributed by atoms with Crippen molar-refractivity contribution in [2.75, 3.05) is 5.73 Å². The van der Waals surface area contributed by atoms with Gasteiger partial charge in [0.1, 0.15) is 34.2 Å². The number of hydrogen-bond donors (Lipinski definition) is 1. The fourth-order valence-electron chi connectivity index (χ4n) is 3.63. The van der Waals surface area contributed by atoms with Crippen molar-refractivity contribution in [3.05, 3.63) is 96.4 Å². The quantitative estimate of drug-likeness (QED) is 0.197. The Morgan fingerprint density at radius 3 is 2.57 bits per heavy atom. The summed E-state index contributed by atoms with van der Waals surface area (Å²) < 4.78 is 0.717. The van der Waals surface area contributed by atoms with Gasteiger partial charge < -0.3 is 5.73 Å². The van der Waals surface area contributed by atoms with E-state index >= 15 is 0 Å². The molecule has 0 bridgehead atoms. The number of rotatable bonds is 4. The van der Waals surface area contributed by atoms with Crippen molar-refractivity contribution in [2.24, 2.45) is 5.10 Å². The molecule has 0 amide bonds. The molecule has 0 atom stereocenters. The zero-order valence-electron chi connectivity index (χ0n) is 18.1. The lowest BCUT2D eigenvalue weighted by atomic mass is 9.96. The number of fused-ring (bicyclic) bond motifs is 1. The number of hydrogen-bond acceptors (Lipinski definition) is 8. The van der Waals surface area contributed by atoms with Crippen LogP contribution in [0.15, 0.2) is 58.4 Å². The lowest BCUT2D eigenvalue weighted by Crippen LogP contribution is -2.25. The van der Waals surface area contributed by atoms with Crippen LogP contribution in [0.1, 0.15) is 22.3 Å². The van der Waals surface area contributed by atoms with Gasteiger partial charge in [0.25, 0.3) is 11.2 Å². The second kappa shape index (κ2) is 9.06. The van der Waals surface area contributed by atoms with Gasteiger partial charge in [0, 0.05) is 28.6 Å². The van der Waals surface area contributed by atoms with Crippen LogP contribution in [0.2, 0.25) is 5.15 Å². The van der Waals surface area contributed by atoms with Crippen molar-refractivity contribution in [3.63, 3.8) is 0 Å². The SMILES string of the molecule is Cc1cccc2cc(/C=N/n3c(N)c(C#N)c(-c4cccc([N+](=O)[O-])c4)c(C#N)c3=O)c(Cl)nc12. The Morgan fingerprint density at radius 2 is 1.89 bits per heavy atom. The lowest BCUT2D eigenvalue weighted by molar-refractivity contribution is -0.384. The number of nitro benzene ring substituents is 1. The fourth-order valence-corrected chi connectivity index (χ4v) is 3.82. The van der Waals surface area contributed by atoms with Crippen LogP contribution in [-0.2, 0) is 0 Å². The highest BCUT2D eigenvalue weighted by Gasteiger charge is 2.23. The van der Waals surface area contributed by atoms with E-state index in [1.807, 2.05) is 31.2 Å². The van der Waals surface area contributed by atoms with Crippen molar-refractivity contribution in [1.29, 1.82) is 10.5 Å². The Morgan fingerprint density at radius 1 is 1.17 bits per heavy atom. The first kappa shape index (κ1) is 23.1. The molecule has 0 aliphatic heterocycles. The number of nitrogen functional groups attached to an aromatic ring is 1. The van der Waals surface area contributed by atoms with Crippen molar-refractivity contribution in [2.45, 2.75) is 6.92 Å². The largest absolute Gasteiger partial charge is 0.382 e. The maximum Gasteiger partial charge on any atom is 0.291 e. The van der Waals surface area contributed by atoms with E-state index in [1.165, 1.54) is 24.4 Å². The predicted octanol–water partition coefficient (Wildman–Crippen LogP) is 4.14. The molecule has 0 fully saturated rings. The molecule has 4 rings (SSSR count). The van der Waals surface area contributed by atoms with Gasteiger partial charge in [-0.15, -0.1) is 0 Å². The van der Waals surface area contributed by atoms with Crippen LogP contribution in [0.5, 0.6) is 0 Å². The van der Waals surface area contributed by atoms with Crippen molar-refractivity contribution < 1.29 is 4.92 Å². The van der Waals surface area contributed by atoms with E-state index in [1.54, 1.807) is 12.1 Å². The predicted molar refractivity (Wildman–Crippen MR) is 131 cm³/mol. The van der Waals surface area contributed by atoms with E-state index in [4.69, 9.17) is 17.3 Å². The van der Waals surface area contributed by atoms with Crippen molar-refractivity contribution >= 4 is 40.2 Å². The third kappa shape index (κ3) is 4.06. The van der Waals surface area contributed by atoms with E-state index in [0.29, 0.717) is 15.8 Å². The Bertz CT molecular complexity index is 1710. The van der Waals surface area contributed by atoms with Crippen molar-refractivity contribution in [1.82, 2.24) is 9.66 Å². The number of nitrogens with two attached hydrogens (primary N) is 1. The maximum atomic E-state index is 13.1. The van der Waals surface area contributed by atoms with Gasteiger partial charge in [-0.2, -0.15) is 20.3 Å². The second-order valence-electron chi connectivity index (χ2n) is 7.42. The van der Waals surface area contributed by atoms with E-state index in [9.17, 15) is 25.4 Å². The molecule has 4 aromatic rings. The molecule has 35 heavy (non-hydrogen) atoms. The Kier molecular flexibility index (Phi) is 5.98. The van der Waals surface area contributed by atoms with Gasteiger partial charge in [-0.05, 0) is 24.1 Å². The average Bonchev–Trinajstić information content (AvgIpc) is 2.84. The van der Waals surface area contributed by atoms with E-state index in [2.05, 4.69) is 10.1 Å². The van der Waals surface area contributed by atoms with Gasteiger partial charge in [0.15, 0.2) is 0 Å². The lowest BCUT2D eigenvalue weighted by Gasteiger charge is -2.12. The summed E-state index contributed by atoms with van der Waals surface area (Å²) in [6.45, 7) is 1.90. The zero-order chi connectivity index (χ0) is 25.3. The summed E-state index contributed by atoms with van der Waals surface area (Å²) in [4.78, 5) is 28.0. The molecule has 0 unspecified atom stereocenters. The molecule has 2 aromatic heterocycles. The van der Waals surface area contributed by atoms with Crippen LogP contribution >= 0.6 is 11.6 Å². The van der Waals surface area contributed by atoms with E-state index in [0.717, 1.165) is 17.0 Å². The van der Waals surface area contributed by atoms with E-state index < -0.39 is 16.0 Å². The molecule has 170 valence electrons. The minimum absolute atomic E-state index is 0.103. The Labute approximate surface area is 202 Å². The molecule has 2 N–H and O–H groups in total. The summed E-state index contributed by atoms with van der Waals surface area (Å²) >= 11 is 6.30. The number of non-ortho nitro benzene ring substituents is 1. The smallest absolute Gasteiger partial charge is 0.291 e. The summed E-state index contributed by atoms with van der Waals surface area (Å²) in [5, 5.41) is 35.7. The van der Waals surface area contributed by atoms with Crippen LogP contribution in [0.4, 0.5) is 11.5 Å². The molecule has 10 nitrogen and oxygen atoms in total. The summed E-state index contributed by atoms with van der Waals surface area (Å²) in [5.41, 5.74) is 6.32. The second-order valence-corrected chi connectivity index (χ2v) is 7.78. The average molecular weight is 484 g/mol. The number of aromatic nitrogens is 2. The number of halogens is 1. The number of nitrogens with zero attached hydrogens (tertiary/aromatic N) is 6. The van der Waals surface area contributed by atoms with E-state index in [-0.39, 0.29) is 33.3 Å². The standard InChI is InChI=1S/C24H14ClN7O3/c1-13-4-2-6-15-8-16(22(25)30-21(13)15)12-29-31-23(28)18(10-26)20(19(11-27)24(31)33)14-5-3-7-17(9-14)32(34)35/h2-9,12H,28H2,1H3/b29-12+. The monoisotopic (exact) mass is 483 g/mol. The Balaban J connectivity index is 1.91. The number of nitro groups is 1. The van der Waals surface area contributed by atoms with Crippen molar-refractivity contribution in [3.8, 4) is 23.3 Å². The summed E-state index contributed by atoms with van der Waals surface area (Å²) in [7, 11) is 0. The molecule has 0 radical (unpaired) electrons. The van der Waals surface area contributed by atoms with Crippen LogP contribution < -0.4 is 11.3 Å². The first-order valence-corrected chi connectivity index (χ1v) is 10.4.